The molecule has 5 nitrogen and oxygen atoms in total. The molecule has 0 unspecified atom stereocenters. The zero-order valence-corrected chi connectivity index (χ0v) is 10.2. The molecule has 1 aliphatic heterocycles. The van der Waals surface area contributed by atoms with Crippen LogP contribution in [0.2, 0.25) is 0 Å². The minimum atomic E-state index is -0.866. The second kappa shape index (κ2) is 6.36. The van der Waals surface area contributed by atoms with Crippen LogP contribution in [0.1, 0.15) is 12.8 Å². The lowest BCUT2D eigenvalue weighted by Crippen LogP contribution is -2.21. The Labute approximate surface area is 108 Å². The molecular weight excluding hydrogens is 256 g/mol. The third-order valence-electron chi connectivity index (χ3n) is 2.95. The Bertz CT molecular complexity index is 475. The van der Waals surface area contributed by atoms with Gasteiger partial charge in [0, 0.05) is 23.8 Å². The molecule has 1 fully saturated rings. The van der Waals surface area contributed by atoms with Crippen LogP contribution >= 0.6 is 0 Å². The Hall–Kier alpha value is -1.85. The largest absolute Gasteiger partial charge is 0.487 e. The van der Waals surface area contributed by atoms with Crippen molar-refractivity contribution >= 4 is 5.69 Å². The number of hydrogen-bond acceptors (Lipinski definition) is 3. The van der Waals surface area contributed by atoms with Crippen LogP contribution in [0, 0.1) is 17.6 Å². The summed E-state index contributed by atoms with van der Waals surface area (Å²) in [7, 11) is 0. The lowest BCUT2D eigenvalue weighted by atomic mass is 10.0. The molecule has 0 bridgehead atoms. The van der Waals surface area contributed by atoms with Gasteiger partial charge in [-0.05, 0) is 36.4 Å². The molecule has 0 aromatic heterocycles. The highest BCUT2D eigenvalue weighted by Gasteiger charge is 2.17. The zero-order valence-electron chi connectivity index (χ0n) is 10.2. The topological polar surface area (TPSA) is 67.2 Å². The van der Waals surface area contributed by atoms with Crippen LogP contribution in [0.4, 0.5) is 14.5 Å². The summed E-state index contributed by atoms with van der Waals surface area (Å²) in [6.45, 7) is 1.54. The third-order valence-corrected chi connectivity index (χ3v) is 2.95. The van der Waals surface area contributed by atoms with Gasteiger partial charge in [0.2, 0.25) is 0 Å². The summed E-state index contributed by atoms with van der Waals surface area (Å²) in [4.78, 5) is 2.47. The lowest BCUT2D eigenvalue weighted by molar-refractivity contribution is 0.0485. The SMILES string of the molecule is [N-]=[N+]=Nc1cc(F)c(OCC2CCOCC2)c(F)c1. The lowest BCUT2D eigenvalue weighted by Gasteiger charge is -2.22. The Kier molecular flexibility index (Phi) is 4.54. The van der Waals surface area contributed by atoms with Gasteiger partial charge < -0.3 is 9.47 Å². The Balaban J connectivity index is 2.05. The van der Waals surface area contributed by atoms with Crippen LogP contribution in [0.15, 0.2) is 17.2 Å². The van der Waals surface area contributed by atoms with Gasteiger partial charge in [-0.15, -0.1) is 0 Å². The summed E-state index contributed by atoms with van der Waals surface area (Å²) < 4.78 is 37.6. The standard InChI is InChI=1S/C12H13F2N3O2/c13-10-5-9(16-17-15)6-11(14)12(10)19-7-8-1-3-18-4-2-8/h5-6,8H,1-4,7H2. The van der Waals surface area contributed by atoms with Crippen molar-refractivity contribution in [1.82, 2.24) is 0 Å². The van der Waals surface area contributed by atoms with Gasteiger partial charge in [-0.25, -0.2) is 8.78 Å². The molecule has 0 radical (unpaired) electrons. The molecule has 0 saturated carbocycles. The first-order valence-corrected chi connectivity index (χ1v) is 5.95. The van der Waals surface area contributed by atoms with Gasteiger partial charge in [0.15, 0.2) is 17.4 Å². The average molecular weight is 269 g/mol. The fourth-order valence-corrected chi connectivity index (χ4v) is 1.91. The molecule has 1 saturated heterocycles. The van der Waals surface area contributed by atoms with E-state index in [1.54, 1.807) is 0 Å². The third kappa shape index (κ3) is 3.56. The number of halogens is 2. The summed E-state index contributed by atoms with van der Waals surface area (Å²) in [5.74, 6) is -1.92. The average Bonchev–Trinajstić information content (AvgIpc) is 2.39. The number of rotatable bonds is 4. The van der Waals surface area contributed by atoms with Crippen LogP contribution in [0.5, 0.6) is 5.75 Å². The molecular formula is C12H13F2N3O2. The van der Waals surface area contributed by atoms with Crippen molar-refractivity contribution in [2.45, 2.75) is 12.8 Å². The number of benzene rings is 1. The molecule has 19 heavy (non-hydrogen) atoms. The smallest absolute Gasteiger partial charge is 0.190 e. The highest BCUT2D eigenvalue weighted by atomic mass is 19.1. The maximum Gasteiger partial charge on any atom is 0.190 e. The number of ether oxygens (including phenoxy) is 2. The van der Waals surface area contributed by atoms with E-state index in [4.69, 9.17) is 15.0 Å². The van der Waals surface area contributed by atoms with Crippen molar-refractivity contribution in [3.05, 3.63) is 34.2 Å². The van der Waals surface area contributed by atoms with E-state index in [0.29, 0.717) is 13.2 Å². The van der Waals surface area contributed by atoms with Gasteiger partial charge in [-0.2, -0.15) is 0 Å². The highest BCUT2D eigenvalue weighted by molar-refractivity contribution is 5.43. The van der Waals surface area contributed by atoms with Crippen LogP contribution < -0.4 is 4.74 Å². The van der Waals surface area contributed by atoms with E-state index >= 15 is 0 Å². The van der Waals surface area contributed by atoms with Crippen LogP contribution in [-0.2, 0) is 4.74 Å². The molecule has 1 heterocycles. The molecule has 1 aromatic carbocycles. The second-order valence-corrected chi connectivity index (χ2v) is 4.29. The van der Waals surface area contributed by atoms with E-state index in [1.807, 2.05) is 0 Å². The van der Waals surface area contributed by atoms with E-state index < -0.39 is 17.4 Å². The van der Waals surface area contributed by atoms with Crippen molar-refractivity contribution in [2.75, 3.05) is 19.8 Å². The Morgan fingerprint density at radius 2 is 1.95 bits per heavy atom. The molecule has 0 spiro atoms. The first kappa shape index (κ1) is 13.6. The summed E-state index contributed by atoms with van der Waals surface area (Å²) in [6, 6.07) is 1.89. The van der Waals surface area contributed by atoms with Crippen molar-refractivity contribution in [1.29, 1.82) is 0 Å². The first-order chi connectivity index (χ1) is 9.20. The summed E-state index contributed by atoms with van der Waals surface area (Å²) >= 11 is 0. The Morgan fingerprint density at radius 1 is 1.32 bits per heavy atom. The van der Waals surface area contributed by atoms with E-state index in [2.05, 4.69) is 10.0 Å². The van der Waals surface area contributed by atoms with Gasteiger partial charge in [0.05, 0.1) is 6.61 Å². The molecule has 1 aliphatic rings. The maximum absolute atomic E-state index is 13.6. The Morgan fingerprint density at radius 3 is 2.53 bits per heavy atom. The monoisotopic (exact) mass is 269 g/mol. The van der Waals surface area contributed by atoms with Gasteiger partial charge in [0.25, 0.3) is 0 Å². The van der Waals surface area contributed by atoms with Crippen LogP contribution in [-0.4, -0.2) is 19.8 Å². The molecule has 0 amide bonds. The van der Waals surface area contributed by atoms with E-state index in [1.165, 1.54) is 0 Å². The fourth-order valence-electron chi connectivity index (χ4n) is 1.91. The van der Waals surface area contributed by atoms with Gasteiger partial charge >= 0.3 is 0 Å². The molecule has 2 rings (SSSR count). The molecule has 7 heteroatoms. The van der Waals surface area contributed by atoms with E-state index in [0.717, 1.165) is 25.0 Å². The number of nitrogens with zero attached hydrogens (tertiary/aromatic N) is 3. The first-order valence-electron chi connectivity index (χ1n) is 5.95. The van der Waals surface area contributed by atoms with Gasteiger partial charge in [-0.1, -0.05) is 5.11 Å². The van der Waals surface area contributed by atoms with Crippen molar-refractivity contribution in [3.63, 3.8) is 0 Å². The summed E-state index contributed by atoms with van der Waals surface area (Å²) in [6.07, 6.45) is 1.64. The minimum absolute atomic E-state index is 0.115. The molecule has 0 atom stereocenters. The molecule has 102 valence electrons. The number of azide groups is 1. The minimum Gasteiger partial charge on any atom is -0.487 e. The second-order valence-electron chi connectivity index (χ2n) is 4.29. The summed E-state index contributed by atoms with van der Waals surface area (Å²) in [5, 5.41) is 3.15. The maximum atomic E-state index is 13.6. The van der Waals surface area contributed by atoms with Crippen molar-refractivity contribution in [3.8, 4) is 5.75 Å². The molecule has 0 N–H and O–H groups in total. The molecule has 1 aromatic rings. The van der Waals surface area contributed by atoms with Gasteiger partial charge in [0.1, 0.15) is 0 Å². The predicted molar refractivity (Wildman–Crippen MR) is 64.2 cm³/mol. The zero-order chi connectivity index (χ0) is 13.7. The normalized spacial score (nSPS) is 15.9. The van der Waals surface area contributed by atoms with Crippen molar-refractivity contribution in [2.24, 2.45) is 11.0 Å². The highest BCUT2D eigenvalue weighted by Crippen LogP contribution is 2.28. The molecule has 0 aliphatic carbocycles. The summed E-state index contributed by atoms with van der Waals surface area (Å²) in [5.41, 5.74) is 8.10. The van der Waals surface area contributed by atoms with Crippen LogP contribution in [0.25, 0.3) is 10.4 Å². The van der Waals surface area contributed by atoms with E-state index in [9.17, 15) is 8.78 Å². The van der Waals surface area contributed by atoms with Crippen LogP contribution in [0.3, 0.4) is 0 Å². The van der Waals surface area contributed by atoms with Crippen molar-refractivity contribution < 1.29 is 18.3 Å². The van der Waals surface area contributed by atoms with Gasteiger partial charge in [-0.3, -0.25) is 0 Å². The number of hydrogen-bond donors (Lipinski definition) is 0. The fraction of sp³-hybridized carbons (Fsp3) is 0.500. The quantitative estimate of drug-likeness (QED) is 0.475. The van der Waals surface area contributed by atoms with E-state index in [-0.39, 0.29) is 18.2 Å². The predicted octanol–water partition coefficient (Wildman–Crippen LogP) is 3.71.